The molecule has 0 saturated heterocycles. The van der Waals surface area contributed by atoms with Crippen LogP contribution in [0.1, 0.15) is 17.0 Å². The van der Waals surface area contributed by atoms with Gasteiger partial charge in [-0.1, -0.05) is 35.9 Å². The van der Waals surface area contributed by atoms with E-state index in [4.69, 9.17) is 11.6 Å². The van der Waals surface area contributed by atoms with Gasteiger partial charge in [-0.2, -0.15) is 0 Å². The second-order valence-corrected chi connectivity index (χ2v) is 7.16. The quantitative estimate of drug-likeness (QED) is 0.697. The Morgan fingerprint density at radius 2 is 1.67 bits per heavy atom. The molecule has 24 heavy (non-hydrogen) atoms. The van der Waals surface area contributed by atoms with Gasteiger partial charge in [0.05, 0.1) is 16.6 Å². The fourth-order valence-electron chi connectivity index (χ4n) is 2.28. The van der Waals surface area contributed by atoms with Crippen LogP contribution in [0.25, 0.3) is 0 Å². The predicted molar refractivity (Wildman–Crippen MR) is 91.8 cm³/mol. The summed E-state index contributed by atoms with van der Waals surface area (Å²) in [6, 6.07) is 13.4. The van der Waals surface area contributed by atoms with E-state index in [-0.39, 0.29) is 11.6 Å². The number of halogens is 2. The van der Waals surface area contributed by atoms with Gasteiger partial charge in [-0.3, -0.25) is 4.21 Å². The number of benzene rings is 2. The van der Waals surface area contributed by atoms with Gasteiger partial charge in [-0.05, 0) is 35.4 Å². The van der Waals surface area contributed by atoms with Crippen LogP contribution >= 0.6 is 11.6 Å². The van der Waals surface area contributed by atoms with Gasteiger partial charge in [0.2, 0.25) is 5.16 Å². The summed E-state index contributed by atoms with van der Waals surface area (Å²) in [6.07, 6.45) is 0.578. The second kappa shape index (κ2) is 7.23. The molecule has 0 fully saturated rings. The normalized spacial score (nSPS) is 12.3. The molecular formula is C17H15ClFN3OS. The first-order chi connectivity index (χ1) is 11.5. The maximum Gasteiger partial charge on any atom is 0.221 e. The van der Waals surface area contributed by atoms with Crippen LogP contribution in [0.3, 0.4) is 0 Å². The summed E-state index contributed by atoms with van der Waals surface area (Å²) < 4.78 is 27.2. The zero-order valence-electron chi connectivity index (χ0n) is 12.9. The van der Waals surface area contributed by atoms with Crippen molar-refractivity contribution in [2.24, 2.45) is 7.05 Å². The molecule has 0 aliphatic heterocycles. The van der Waals surface area contributed by atoms with Gasteiger partial charge in [0.15, 0.2) is 0 Å². The highest BCUT2D eigenvalue weighted by Crippen LogP contribution is 2.15. The van der Waals surface area contributed by atoms with E-state index in [1.54, 1.807) is 23.7 Å². The third-order valence-corrected chi connectivity index (χ3v) is 5.23. The molecule has 1 unspecified atom stereocenters. The van der Waals surface area contributed by atoms with E-state index in [1.807, 2.05) is 24.3 Å². The van der Waals surface area contributed by atoms with E-state index < -0.39 is 10.8 Å². The molecule has 3 aromatic rings. The SMILES string of the molecule is Cn1c(Cc2ccc(Cl)cc2)nnc1S(=O)Cc1ccc(F)cc1. The molecule has 3 rings (SSSR count). The van der Waals surface area contributed by atoms with Crippen molar-refractivity contribution < 1.29 is 8.60 Å². The van der Waals surface area contributed by atoms with Crippen LogP contribution in [0.5, 0.6) is 0 Å². The largest absolute Gasteiger partial charge is 0.307 e. The van der Waals surface area contributed by atoms with E-state index in [0.717, 1.165) is 17.0 Å². The first-order valence-corrected chi connectivity index (χ1v) is 8.98. The summed E-state index contributed by atoms with van der Waals surface area (Å²) in [5.74, 6) is 0.681. The standard InChI is InChI=1S/C17H15ClFN3OS/c1-22-16(10-12-2-6-14(18)7-3-12)20-21-17(22)24(23)11-13-4-8-15(19)9-5-13/h2-9H,10-11H2,1H3. The Hall–Kier alpha value is -2.05. The number of hydrogen-bond donors (Lipinski definition) is 0. The Labute approximate surface area is 146 Å². The van der Waals surface area contributed by atoms with Crippen LogP contribution in [0.15, 0.2) is 53.7 Å². The van der Waals surface area contributed by atoms with E-state index in [2.05, 4.69) is 10.2 Å². The lowest BCUT2D eigenvalue weighted by Gasteiger charge is -2.05. The van der Waals surface area contributed by atoms with Gasteiger partial charge in [-0.25, -0.2) is 4.39 Å². The minimum absolute atomic E-state index is 0.271. The van der Waals surface area contributed by atoms with Crippen LogP contribution in [0.2, 0.25) is 5.02 Å². The summed E-state index contributed by atoms with van der Waals surface area (Å²) in [4.78, 5) is 0. The van der Waals surface area contributed by atoms with Crippen LogP contribution in [0, 0.1) is 5.82 Å². The van der Waals surface area contributed by atoms with Crippen molar-refractivity contribution >= 4 is 22.4 Å². The van der Waals surface area contributed by atoms with E-state index in [9.17, 15) is 8.60 Å². The van der Waals surface area contributed by atoms with Crippen molar-refractivity contribution in [3.8, 4) is 0 Å². The van der Waals surface area contributed by atoms with Crippen molar-refractivity contribution in [1.82, 2.24) is 14.8 Å². The highest BCUT2D eigenvalue weighted by atomic mass is 35.5. The average molecular weight is 364 g/mol. The molecule has 1 heterocycles. The Kier molecular flexibility index (Phi) is 5.06. The highest BCUT2D eigenvalue weighted by molar-refractivity contribution is 7.84. The lowest BCUT2D eigenvalue weighted by atomic mass is 10.1. The van der Waals surface area contributed by atoms with Crippen molar-refractivity contribution in [3.63, 3.8) is 0 Å². The Bertz CT molecular complexity index is 863. The van der Waals surface area contributed by atoms with E-state index >= 15 is 0 Å². The van der Waals surface area contributed by atoms with Gasteiger partial charge in [0, 0.05) is 18.5 Å². The number of aromatic nitrogens is 3. The summed E-state index contributed by atoms with van der Waals surface area (Å²) in [7, 11) is 0.447. The third-order valence-electron chi connectivity index (χ3n) is 3.62. The second-order valence-electron chi connectivity index (χ2n) is 5.38. The first-order valence-electron chi connectivity index (χ1n) is 7.28. The van der Waals surface area contributed by atoms with Gasteiger partial charge < -0.3 is 4.57 Å². The summed E-state index contributed by atoms with van der Waals surface area (Å²) >= 11 is 5.88. The molecular weight excluding hydrogens is 349 g/mol. The molecule has 1 atom stereocenters. The van der Waals surface area contributed by atoms with E-state index in [0.29, 0.717) is 16.6 Å². The number of nitrogens with zero attached hydrogens (tertiary/aromatic N) is 3. The van der Waals surface area contributed by atoms with Crippen LogP contribution in [0.4, 0.5) is 4.39 Å². The molecule has 7 heteroatoms. The molecule has 0 radical (unpaired) electrons. The monoisotopic (exact) mass is 363 g/mol. The fraction of sp³-hybridized carbons (Fsp3) is 0.176. The summed E-state index contributed by atoms with van der Waals surface area (Å²) in [6.45, 7) is 0. The molecule has 0 aliphatic carbocycles. The van der Waals surface area contributed by atoms with Gasteiger partial charge in [-0.15, -0.1) is 10.2 Å². The smallest absolute Gasteiger partial charge is 0.221 e. The molecule has 124 valence electrons. The van der Waals surface area contributed by atoms with Crippen molar-refractivity contribution in [2.45, 2.75) is 17.3 Å². The fourth-order valence-corrected chi connectivity index (χ4v) is 3.57. The minimum Gasteiger partial charge on any atom is -0.307 e. The average Bonchev–Trinajstić information content (AvgIpc) is 2.93. The molecule has 0 N–H and O–H groups in total. The number of rotatable bonds is 5. The topological polar surface area (TPSA) is 47.8 Å². The van der Waals surface area contributed by atoms with Crippen LogP contribution in [-0.4, -0.2) is 19.0 Å². The first kappa shape index (κ1) is 16.8. The molecule has 2 aromatic carbocycles. The lowest BCUT2D eigenvalue weighted by Crippen LogP contribution is -2.07. The molecule has 0 amide bonds. The highest BCUT2D eigenvalue weighted by Gasteiger charge is 2.15. The van der Waals surface area contributed by atoms with Crippen molar-refractivity contribution in [3.05, 3.63) is 76.3 Å². The van der Waals surface area contributed by atoms with Crippen LogP contribution < -0.4 is 0 Å². The van der Waals surface area contributed by atoms with Gasteiger partial charge in [0.1, 0.15) is 11.6 Å². The maximum atomic E-state index is 12.9. The summed E-state index contributed by atoms with van der Waals surface area (Å²) in [5, 5.41) is 9.28. The predicted octanol–water partition coefficient (Wildman–Crippen LogP) is 3.51. The van der Waals surface area contributed by atoms with Gasteiger partial charge >= 0.3 is 0 Å². The Morgan fingerprint density at radius 1 is 1.04 bits per heavy atom. The molecule has 0 aliphatic rings. The zero-order valence-corrected chi connectivity index (χ0v) is 14.5. The van der Waals surface area contributed by atoms with Gasteiger partial charge in [0.25, 0.3) is 0 Å². The zero-order chi connectivity index (χ0) is 17.1. The molecule has 4 nitrogen and oxygen atoms in total. The van der Waals surface area contributed by atoms with Crippen molar-refractivity contribution in [2.75, 3.05) is 0 Å². The number of hydrogen-bond acceptors (Lipinski definition) is 3. The summed E-state index contributed by atoms with van der Waals surface area (Å²) in [5.41, 5.74) is 1.84. The molecule has 1 aromatic heterocycles. The van der Waals surface area contributed by atoms with Crippen LogP contribution in [-0.2, 0) is 30.0 Å². The lowest BCUT2D eigenvalue weighted by molar-refractivity contribution is 0.627. The minimum atomic E-state index is -1.35. The molecule has 0 bridgehead atoms. The molecule has 0 saturated carbocycles. The Morgan fingerprint density at radius 3 is 2.33 bits per heavy atom. The van der Waals surface area contributed by atoms with E-state index in [1.165, 1.54) is 12.1 Å². The van der Waals surface area contributed by atoms with Crippen molar-refractivity contribution in [1.29, 1.82) is 0 Å². The Balaban J connectivity index is 1.75. The molecule has 0 spiro atoms. The maximum absolute atomic E-state index is 12.9. The third kappa shape index (κ3) is 3.88.